The lowest BCUT2D eigenvalue weighted by atomic mass is 10.2. The molecule has 7 nitrogen and oxygen atoms in total. The summed E-state index contributed by atoms with van der Waals surface area (Å²) in [5, 5.41) is 2.83. The smallest absolute Gasteiger partial charge is 0.245 e. The highest BCUT2D eigenvalue weighted by atomic mass is 32.2. The topological polar surface area (TPSA) is 84.9 Å². The van der Waals surface area contributed by atoms with Crippen molar-refractivity contribution in [2.45, 2.75) is 9.79 Å². The molecule has 0 atom stereocenters. The molecule has 0 aliphatic carbocycles. The first-order valence-corrected chi connectivity index (χ1v) is 12.1. The van der Waals surface area contributed by atoms with E-state index >= 15 is 0 Å². The number of amides is 1. The van der Waals surface area contributed by atoms with E-state index in [9.17, 15) is 13.2 Å². The molecular weight excluding hydrogens is 436 g/mol. The average molecular weight is 457 g/mol. The largest absolute Gasteiger partial charge is 0.454 e. The lowest BCUT2D eigenvalue weighted by molar-refractivity contribution is -0.114. The van der Waals surface area contributed by atoms with Gasteiger partial charge in [0.05, 0.1) is 17.6 Å². The molecule has 1 aliphatic heterocycles. The van der Waals surface area contributed by atoms with Gasteiger partial charge in [0.1, 0.15) is 6.54 Å². The highest BCUT2D eigenvalue weighted by Crippen LogP contribution is 2.36. The molecule has 1 aliphatic rings. The van der Waals surface area contributed by atoms with Crippen LogP contribution in [0.4, 0.5) is 11.4 Å². The Balaban J connectivity index is 1.53. The molecule has 160 valence electrons. The molecule has 0 saturated carbocycles. The second kappa shape index (κ2) is 8.91. The summed E-state index contributed by atoms with van der Waals surface area (Å²) in [6.07, 6.45) is 1.06. The van der Waals surface area contributed by atoms with Crippen LogP contribution in [0.2, 0.25) is 0 Å². The summed E-state index contributed by atoms with van der Waals surface area (Å²) in [4.78, 5) is 14.7. The van der Waals surface area contributed by atoms with Gasteiger partial charge in [-0.15, -0.1) is 0 Å². The minimum atomic E-state index is -3.71. The predicted octanol–water partition coefficient (Wildman–Crippen LogP) is 3.97. The number of nitrogens with one attached hydrogen (secondary N) is 1. The lowest BCUT2D eigenvalue weighted by Crippen LogP contribution is -2.37. The second-order valence-electron chi connectivity index (χ2n) is 6.77. The highest BCUT2D eigenvalue weighted by Gasteiger charge is 2.24. The van der Waals surface area contributed by atoms with Gasteiger partial charge in [-0.1, -0.05) is 42.1 Å². The van der Waals surface area contributed by atoms with Gasteiger partial charge in [0.15, 0.2) is 11.5 Å². The number of nitrogens with zero attached hydrogens (tertiary/aromatic N) is 1. The van der Waals surface area contributed by atoms with Gasteiger partial charge >= 0.3 is 0 Å². The van der Waals surface area contributed by atoms with Crippen LogP contribution < -0.4 is 19.1 Å². The summed E-state index contributed by atoms with van der Waals surface area (Å²) in [6.45, 7) is -0.295. The minimum Gasteiger partial charge on any atom is -0.454 e. The molecule has 0 radical (unpaired) electrons. The Morgan fingerprint density at radius 1 is 1.00 bits per heavy atom. The van der Waals surface area contributed by atoms with E-state index < -0.39 is 15.9 Å². The van der Waals surface area contributed by atoms with Gasteiger partial charge in [-0.05, 0) is 36.4 Å². The number of para-hydroxylation sites is 1. The van der Waals surface area contributed by atoms with Crippen LogP contribution in [0.3, 0.4) is 0 Å². The molecule has 4 rings (SSSR count). The molecular formula is C22H20N2O5S2. The number of rotatable bonds is 7. The van der Waals surface area contributed by atoms with Gasteiger partial charge in [-0.3, -0.25) is 9.10 Å². The summed E-state index contributed by atoms with van der Waals surface area (Å²) in [5.41, 5.74) is 0.939. The van der Waals surface area contributed by atoms with E-state index in [1.807, 2.05) is 48.5 Å². The van der Waals surface area contributed by atoms with E-state index in [4.69, 9.17) is 9.47 Å². The molecule has 0 bridgehead atoms. The number of hydrogen-bond acceptors (Lipinski definition) is 6. The Hall–Kier alpha value is -3.17. The van der Waals surface area contributed by atoms with Crippen molar-refractivity contribution < 1.29 is 22.7 Å². The molecule has 0 unspecified atom stereocenters. The molecule has 0 fully saturated rings. The average Bonchev–Trinajstić information content (AvgIpc) is 3.21. The van der Waals surface area contributed by atoms with E-state index in [2.05, 4.69) is 5.32 Å². The van der Waals surface area contributed by atoms with Gasteiger partial charge in [0.2, 0.25) is 22.7 Å². The van der Waals surface area contributed by atoms with Crippen molar-refractivity contribution in [3.63, 3.8) is 0 Å². The van der Waals surface area contributed by atoms with Gasteiger partial charge in [0, 0.05) is 15.9 Å². The highest BCUT2D eigenvalue weighted by molar-refractivity contribution is 7.99. The van der Waals surface area contributed by atoms with E-state index in [1.54, 1.807) is 24.3 Å². The SMILES string of the molecule is CS(=O)(=O)N(CC(=O)Nc1ccccc1Sc1ccccc1)c1ccc2c(c1)OCO2. The Morgan fingerprint density at radius 2 is 1.71 bits per heavy atom. The molecule has 31 heavy (non-hydrogen) atoms. The molecule has 1 N–H and O–H groups in total. The van der Waals surface area contributed by atoms with Crippen LogP contribution >= 0.6 is 11.8 Å². The first-order valence-electron chi connectivity index (χ1n) is 9.39. The first kappa shape index (κ1) is 21.1. The van der Waals surface area contributed by atoms with Crippen LogP contribution in [0.15, 0.2) is 82.6 Å². The van der Waals surface area contributed by atoms with E-state index in [-0.39, 0.29) is 13.3 Å². The summed E-state index contributed by atoms with van der Waals surface area (Å²) >= 11 is 1.51. The maximum atomic E-state index is 12.8. The Bertz CT molecular complexity index is 1200. The number of benzene rings is 3. The third-order valence-corrected chi connectivity index (χ3v) is 6.69. The van der Waals surface area contributed by atoms with E-state index in [0.717, 1.165) is 20.4 Å². The third-order valence-electron chi connectivity index (χ3n) is 4.46. The fourth-order valence-electron chi connectivity index (χ4n) is 3.03. The lowest BCUT2D eigenvalue weighted by Gasteiger charge is -2.22. The summed E-state index contributed by atoms with van der Waals surface area (Å²) < 4.78 is 36.4. The number of ether oxygens (including phenoxy) is 2. The summed E-state index contributed by atoms with van der Waals surface area (Å²) in [6, 6.07) is 21.9. The van der Waals surface area contributed by atoms with Crippen LogP contribution in [-0.4, -0.2) is 33.9 Å². The van der Waals surface area contributed by atoms with E-state index in [1.165, 1.54) is 11.8 Å². The molecule has 3 aromatic rings. The minimum absolute atomic E-state index is 0.0774. The molecule has 0 aromatic heterocycles. The second-order valence-corrected chi connectivity index (χ2v) is 9.79. The van der Waals surface area contributed by atoms with Crippen LogP contribution in [-0.2, 0) is 14.8 Å². The van der Waals surface area contributed by atoms with Crippen LogP contribution in [0.1, 0.15) is 0 Å². The Kier molecular flexibility index (Phi) is 6.06. The summed E-state index contributed by atoms with van der Waals surface area (Å²) in [5.74, 6) is 0.522. The van der Waals surface area contributed by atoms with Crippen molar-refractivity contribution in [1.82, 2.24) is 0 Å². The molecule has 1 heterocycles. The number of fused-ring (bicyclic) bond motifs is 1. The van der Waals surface area contributed by atoms with Crippen molar-refractivity contribution in [3.05, 3.63) is 72.8 Å². The maximum absolute atomic E-state index is 12.8. The zero-order valence-electron chi connectivity index (χ0n) is 16.6. The van der Waals surface area contributed by atoms with Crippen LogP contribution in [0.25, 0.3) is 0 Å². The normalized spacial score (nSPS) is 12.4. The zero-order valence-corrected chi connectivity index (χ0v) is 18.3. The monoisotopic (exact) mass is 456 g/mol. The van der Waals surface area contributed by atoms with Crippen LogP contribution in [0, 0.1) is 0 Å². The molecule has 3 aromatic carbocycles. The standard InChI is InChI=1S/C22H20N2O5S2/c1-31(26,27)24(16-11-12-19-20(13-16)29-15-28-19)14-22(25)23-18-9-5-6-10-21(18)30-17-7-3-2-4-8-17/h2-13H,14-15H2,1H3,(H,23,25). The fourth-order valence-corrected chi connectivity index (χ4v) is 4.81. The van der Waals surface area contributed by atoms with Crippen molar-refractivity contribution in [1.29, 1.82) is 0 Å². The Morgan fingerprint density at radius 3 is 2.48 bits per heavy atom. The van der Waals surface area contributed by atoms with Gasteiger partial charge in [-0.2, -0.15) is 0 Å². The molecule has 0 saturated heterocycles. The number of hydrogen-bond donors (Lipinski definition) is 1. The van der Waals surface area contributed by atoms with Gasteiger partial charge in [-0.25, -0.2) is 8.42 Å². The number of carbonyl (C=O) groups is 1. The van der Waals surface area contributed by atoms with E-state index in [0.29, 0.717) is 22.9 Å². The van der Waals surface area contributed by atoms with Crippen molar-refractivity contribution in [2.24, 2.45) is 0 Å². The Labute approximate surface area is 185 Å². The maximum Gasteiger partial charge on any atom is 0.245 e. The predicted molar refractivity (Wildman–Crippen MR) is 120 cm³/mol. The van der Waals surface area contributed by atoms with Gasteiger partial charge in [0.25, 0.3) is 0 Å². The van der Waals surface area contributed by atoms with Crippen molar-refractivity contribution in [2.75, 3.05) is 29.2 Å². The first-order chi connectivity index (χ1) is 14.9. The summed E-state index contributed by atoms with van der Waals surface area (Å²) in [7, 11) is -3.71. The number of sulfonamides is 1. The molecule has 9 heteroatoms. The number of carbonyl (C=O) groups excluding carboxylic acids is 1. The van der Waals surface area contributed by atoms with Gasteiger partial charge < -0.3 is 14.8 Å². The zero-order chi connectivity index (χ0) is 21.8. The molecule has 1 amide bonds. The van der Waals surface area contributed by atoms with Crippen molar-refractivity contribution >= 4 is 39.1 Å². The van der Waals surface area contributed by atoms with Crippen molar-refractivity contribution in [3.8, 4) is 11.5 Å². The molecule has 0 spiro atoms. The number of anilines is 2. The third kappa shape index (κ3) is 5.12. The van der Waals surface area contributed by atoms with Crippen LogP contribution in [0.5, 0.6) is 11.5 Å². The fraction of sp³-hybridized carbons (Fsp3) is 0.136. The quantitative estimate of drug-likeness (QED) is 0.579.